The Morgan fingerprint density at radius 1 is 1.33 bits per heavy atom. The Balaban J connectivity index is 4.00. The fraction of sp³-hybridized carbons (Fsp3) is 0.909. The van der Waals surface area contributed by atoms with Crippen LogP contribution in [-0.4, -0.2) is 37.3 Å². The molecule has 0 fully saturated rings. The molecule has 0 saturated heterocycles. The number of carbonyl (C=O) groups is 1. The fourth-order valence-corrected chi connectivity index (χ4v) is 1.49. The van der Waals surface area contributed by atoms with Crippen molar-refractivity contribution in [1.29, 1.82) is 0 Å². The standard InChI is InChI=1S/C11H24N2O2/c1-8(2)5-10(7-14)13-11(15)9(3)6-12-4/h8-10,12,14H,5-7H2,1-4H3,(H,13,15). The van der Waals surface area contributed by atoms with Crippen LogP contribution < -0.4 is 10.6 Å². The molecule has 4 nitrogen and oxygen atoms in total. The summed E-state index contributed by atoms with van der Waals surface area (Å²) in [6.07, 6.45) is 0.814. The third kappa shape index (κ3) is 6.47. The summed E-state index contributed by atoms with van der Waals surface area (Å²) in [5.41, 5.74) is 0. The van der Waals surface area contributed by atoms with Crippen molar-refractivity contribution < 1.29 is 9.90 Å². The molecule has 0 saturated carbocycles. The Kier molecular flexibility index (Phi) is 7.34. The maximum absolute atomic E-state index is 11.6. The second-order valence-electron chi connectivity index (χ2n) is 4.48. The minimum Gasteiger partial charge on any atom is -0.394 e. The molecule has 0 aliphatic heterocycles. The van der Waals surface area contributed by atoms with Crippen LogP contribution >= 0.6 is 0 Å². The summed E-state index contributed by atoms with van der Waals surface area (Å²) in [5, 5.41) is 14.9. The highest BCUT2D eigenvalue weighted by Crippen LogP contribution is 2.05. The van der Waals surface area contributed by atoms with Crippen LogP contribution in [0.2, 0.25) is 0 Å². The molecule has 0 aromatic carbocycles. The highest BCUT2D eigenvalue weighted by molar-refractivity contribution is 5.78. The van der Waals surface area contributed by atoms with Crippen molar-refractivity contribution in [3.8, 4) is 0 Å². The smallest absolute Gasteiger partial charge is 0.224 e. The molecule has 1 amide bonds. The van der Waals surface area contributed by atoms with E-state index in [4.69, 9.17) is 5.11 Å². The summed E-state index contributed by atoms with van der Waals surface area (Å²) >= 11 is 0. The highest BCUT2D eigenvalue weighted by Gasteiger charge is 2.17. The predicted octanol–water partition coefficient (Wildman–Crippen LogP) is 0.365. The summed E-state index contributed by atoms with van der Waals surface area (Å²) in [4.78, 5) is 11.6. The zero-order valence-corrected chi connectivity index (χ0v) is 10.2. The van der Waals surface area contributed by atoms with E-state index in [0.29, 0.717) is 12.5 Å². The molecular formula is C11H24N2O2. The van der Waals surface area contributed by atoms with Gasteiger partial charge in [0.1, 0.15) is 0 Å². The molecule has 0 aliphatic rings. The van der Waals surface area contributed by atoms with E-state index in [1.165, 1.54) is 0 Å². The number of aliphatic hydroxyl groups is 1. The summed E-state index contributed by atoms with van der Waals surface area (Å²) in [6.45, 7) is 6.69. The van der Waals surface area contributed by atoms with Crippen LogP contribution in [0.1, 0.15) is 27.2 Å². The van der Waals surface area contributed by atoms with Gasteiger partial charge in [0, 0.05) is 12.5 Å². The van der Waals surface area contributed by atoms with Crippen LogP contribution in [0.3, 0.4) is 0 Å². The van der Waals surface area contributed by atoms with Crippen LogP contribution in [0, 0.1) is 11.8 Å². The Bertz CT molecular complexity index is 183. The van der Waals surface area contributed by atoms with Crippen molar-refractivity contribution in [2.75, 3.05) is 20.2 Å². The first kappa shape index (κ1) is 14.4. The largest absolute Gasteiger partial charge is 0.394 e. The van der Waals surface area contributed by atoms with Crippen LogP contribution in [0.15, 0.2) is 0 Å². The van der Waals surface area contributed by atoms with Crippen LogP contribution in [0.5, 0.6) is 0 Å². The van der Waals surface area contributed by atoms with Crippen molar-refractivity contribution >= 4 is 5.91 Å². The van der Waals surface area contributed by atoms with Gasteiger partial charge in [0.15, 0.2) is 0 Å². The van der Waals surface area contributed by atoms with Gasteiger partial charge in [-0.3, -0.25) is 4.79 Å². The molecule has 2 atom stereocenters. The van der Waals surface area contributed by atoms with Gasteiger partial charge in [0.2, 0.25) is 5.91 Å². The molecule has 0 rings (SSSR count). The molecule has 0 bridgehead atoms. The average Bonchev–Trinajstić information content (AvgIpc) is 2.16. The molecule has 0 heterocycles. The zero-order valence-electron chi connectivity index (χ0n) is 10.2. The van der Waals surface area contributed by atoms with E-state index in [1.807, 2.05) is 14.0 Å². The molecule has 4 heteroatoms. The predicted molar refractivity (Wildman–Crippen MR) is 61.6 cm³/mol. The summed E-state index contributed by atoms with van der Waals surface area (Å²) < 4.78 is 0. The number of amides is 1. The second kappa shape index (κ2) is 7.65. The molecule has 0 spiro atoms. The Labute approximate surface area is 92.4 Å². The van der Waals surface area contributed by atoms with Gasteiger partial charge in [-0.15, -0.1) is 0 Å². The van der Waals surface area contributed by atoms with Crippen LogP contribution in [0.25, 0.3) is 0 Å². The fourth-order valence-electron chi connectivity index (χ4n) is 1.49. The molecule has 0 aromatic rings. The molecule has 2 unspecified atom stereocenters. The van der Waals surface area contributed by atoms with E-state index in [9.17, 15) is 4.79 Å². The molecule has 0 radical (unpaired) electrons. The number of hydrogen-bond donors (Lipinski definition) is 3. The summed E-state index contributed by atoms with van der Waals surface area (Å²) in [5.74, 6) is 0.419. The number of hydrogen-bond acceptors (Lipinski definition) is 3. The SMILES string of the molecule is CNCC(C)C(=O)NC(CO)CC(C)C. The monoisotopic (exact) mass is 216 g/mol. The molecular weight excluding hydrogens is 192 g/mol. The van der Waals surface area contributed by atoms with Crippen molar-refractivity contribution in [2.45, 2.75) is 33.2 Å². The first-order valence-electron chi connectivity index (χ1n) is 5.57. The zero-order chi connectivity index (χ0) is 11.8. The van der Waals surface area contributed by atoms with E-state index in [0.717, 1.165) is 6.42 Å². The summed E-state index contributed by atoms with van der Waals surface area (Å²) in [6, 6.07) is -0.114. The number of nitrogens with one attached hydrogen (secondary N) is 2. The van der Waals surface area contributed by atoms with Crippen molar-refractivity contribution in [3.05, 3.63) is 0 Å². The van der Waals surface area contributed by atoms with Crippen molar-refractivity contribution in [2.24, 2.45) is 11.8 Å². The van der Waals surface area contributed by atoms with Crippen LogP contribution in [0.4, 0.5) is 0 Å². The second-order valence-corrected chi connectivity index (χ2v) is 4.48. The van der Waals surface area contributed by atoms with Gasteiger partial charge in [-0.05, 0) is 19.4 Å². The van der Waals surface area contributed by atoms with Gasteiger partial charge in [-0.1, -0.05) is 20.8 Å². The molecule has 90 valence electrons. The van der Waals surface area contributed by atoms with Gasteiger partial charge < -0.3 is 15.7 Å². The first-order valence-corrected chi connectivity index (χ1v) is 5.57. The third-order valence-corrected chi connectivity index (χ3v) is 2.28. The lowest BCUT2D eigenvalue weighted by Crippen LogP contribution is -2.43. The van der Waals surface area contributed by atoms with Gasteiger partial charge in [0.05, 0.1) is 12.6 Å². The highest BCUT2D eigenvalue weighted by atomic mass is 16.3. The minimum absolute atomic E-state index is 0.00375. The van der Waals surface area contributed by atoms with Crippen LogP contribution in [-0.2, 0) is 4.79 Å². The number of aliphatic hydroxyl groups excluding tert-OH is 1. The van der Waals surface area contributed by atoms with Gasteiger partial charge >= 0.3 is 0 Å². The summed E-state index contributed by atoms with van der Waals surface area (Å²) in [7, 11) is 1.82. The average molecular weight is 216 g/mol. The first-order chi connectivity index (χ1) is 7.01. The maximum atomic E-state index is 11.6. The Hall–Kier alpha value is -0.610. The Morgan fingerprint density at radius 2 is 1.93 bits per heavy atom. The van der Waals surface area contributed by atoms with E-state index >= 15 is 0 Å². The molecule has 0 aromatic heterocycles. The molecule has 0 aliphatic carbocycles. The lowest BCUT2D eigenvalue weighted by molar-refractivity contribution is -0.125. The van der Waals surface area contributed by atoms with Gasteiger partial charge in [-0.25, -0.2) is 0 Å². The quantitative estimate of drug-likeness (QED) is 0.576. The maximum Gasteiger partial charge on any atom is 0.224 e. The van der Waals surface area contributed by atoms with E-state index in [2.05, 4.69) is 24.5 Å². The lowest BCUT2D eigenvalue weighted by Gasteiger charge is -2.20. The van der Waals surface area contributed by atoms with Gasteiger partial charge in [-0.2, -0.15) is 0 Å². The minimum atomic E-state index is -0.114. The topological polar surface area (TPSA) is 61.4 Å². The van der Waals surface area contributed by atoms with Crippen molar-refractivity contribution in [1.82, 2.24) is 10.6 Å². The number of rotatable bonds is 7. The normalized spacial score (nSPS) is 15.1. The van der Waals surface area contributed by atoms with Crippen molar-refractivity contribution in [3.63, 3.8) is 0 Å². The molecule has 3 N–H and O–H groups in total. The third-order valence-electron chi connectivity index (χ3n) is 2.28. The van der Waals surface area contributed by atoms with E-state index < -0.39 is 0 Å². The molecule has 15 heavy (non-hydrogen) atoms. The Morgan fingerprint density at radius 3 is 2.33 bits per heavy atom. The lowest BCUT2D eigenvalue weighted by atomic mass is 10.0. The van der Waals surface area contributed by atoms with E-state index in [-0.39, 0.29) is 24.5 Å². The van der Waals surface area contributed by atoms with E-state index in [1.54, 1.807) is 0 Å². The van der Waals surface area contributed by atoms with Gasteiger partial charge in [0.25, 0.3) is 0 Å². The number of carbonyl (C=O) groups excluding carboxylic acids is 1.